The molecular weight excluding hydrogens is 368 g/mol. The highest BCUT2D eigenvalue weighted by atomic mass is 79.9. The van der Waals surface area contributed by atoms with Crippen LogP contribution in [-0.4, -0.2) is 43.7 Å². The summed E-state index contributed by atoms with van der Waals surface area (Å²) in [6.07, 6.45) is -3.83. The lowest BCUT2D eigenvalue weighted by Gasteiger charge is -2.15. The zero-order valence-corrected chi connectivity index (χ0v) is 13.3. The number of carbonyl (C=O) groups excluding carboxylic acids is 1. The molecule has 9 heteroatoms. The summed E-state index contributed by atoms with van der Waals surface area (Å²) in [5, 5.41) is 10.9. The summed E-state index contributed by atoms with van der Waals surface area (Å²) in [5.41, 5.74) is 0.0463. The van der Waals surface area contributed by atoms with Gasteiger partial charge in [0.2, 0.25) is 6.43 Å². The maximum absolute atomic E-state index is 12.3. The predicted octanol–water partition coefficient (Wildman–Crippen LogP) is 2.30. The van der Waals surface area contributed by atoms with Crippen molar-refractivity contribution in [2.24, 2.45) is 0 Å². The van der Waals surface area contributed by atoms with Crippen molar-refractivity contribution in [2.45, 2.75) is 18.9 Å². The zero-order valence-electron chi connectivity index (χ0n) is 11.7. The summed E-state index contributed by atoms with van der Waals surface area (Å²) in [5.74, 6) is -1.76. The summed E-state index contributed by atoms with van der Waals surface area (Å²) in [6.45, 7) is 0. The SMILES string of the molecule is COc1cc(C(=O)NC(CC(F)F)C(=O)O)cc(Br)c1OC. The van der Waals surface area contributed by atoms with Crippen molar-refractivity contribution in [2.75, 3.05) is 14.2 Å². The molecular formula is C13H14BrF2NO5. The first-order chi connectivity index (χ1) is 10.3. The summed E-state index contributed by atoms with van der Waals surface area (Å²) < 4.78 is 35.2. The number of rotatable bonds is 7. The molecule has 0 spiro atoms. The van der Waals surface area contributed by atoms with Crippen LogP contribution >= 0.6 is 15.9 Å². The van der Waals surface area contributed by atoms with Crippen LogP contribution in [0.1, 0.15) is 16.8 Å². The fourth-order valence-corrected chi connectivity index (χ4v) is 2.29. The van der Waals surface area contributed by atoms with Crippen LogP contribution in [0.25, 0.3) is 0 Å². The molecule has 1 aromatic rings. The van der Waals surface area contributed by atoms with E-state index in [1.807, 2.05) is 5.32 Å². The molecule has 0 fully saturated rings. The number of aliphatic carboxylic acids is 1. The maximum Gasteiger partial charge on any atom is 0.326 e. The Hall–Kier alpha value is -1.90. The Morgan fingerprint density at radius 3 is 2.41 bits per heavy atom. The average Bonchev–Trinajstić information content (AvgIpc) is 2.44. The Balaban J connectivity index is 3.02. The average molecular weight is 382 g/mol. The Labute approximate surface area is 133 Å². The molecule has 1 unspecified atom stereocenters. The highest BCUT2D eigenvalue weighted by molar-refractivity contribution is 9.10. The number of carboxylic acids is 1. The Bertz CT molecular complexity index is 568. The lowest BCUT2D eigenvalue weighted by atomic mass is 10.1. The number of alkyl halides is 2. The number of nitrogens with one attached hydrogen (secondary N) is 1. The monoisotopic (exact) mass is 381 g/mol. The van der Waals surface area contributed by atoms with Gasteiger partial charge in [-0.05, 0) is 28.1 Å². The van der Waals surface area contributed by atoms with E-state index in [1.54, 1.807) is 0 Å². The van der Waals surface area contributed by atoms with Crippen molar-refractivity contribution in [1.82, 2.24) is 5.32 Å². The Morgan fingerprint density at radius 2 is 1.95 bits per heavy atom. The summed E-state index contributed by atoms with van der Waals surface area (Å²) in [7, 11) is 2.77. The fourth-order valence-electron chi connectivity index (χ4n) is 1.69. The number of carbonyl (C=O) groups is 2. The summed E-state index contributed by atoms with van der Waals surface area (Å²) >= 11 is 3.18. The fraction of sp³-hybridized carbons (Fsp3) is 0.385. The number of hydrogen-bond donors (Lipinski definition) is 2. The van der Waals surface area contributed by atoms with Crippen molar-refractivity contribution >= 4 is 27.8 Å². The topological polar surface area (TPSA) is 84.9 Å². The van der Waals surface area contributed by atoms with Crippen LogP contribution < -0.4 is 14.8 Å². The van der Waals surface area contributed by atoms with Crippen molar-refractivity contribution in [3.63, 3.8) is 0 Å². The van der Waals surface area contributed by atoms with Crippen LogP contribution in [0.15, 0.2) is 16.6 Å². The molecule has 6 nitrogen and oxygen atoms in total. The third-order valence-electron chi connectivity index (χ3n) is 2.71. The van der Waals surface area contributed by atoms with Crippen LogP contribution in [0.2, 0.25) is 0 Å². The first-order valence-electron chi connectivity index (χ1n) is 6.03. The largest absolute Gasteiger partial charge is 0.493 e. The molecule has 1 rings (SSSR count). The smallest absolute Gasteiger partial charge is 0.326 e. The first kappa shape index (κ1) is 18.1. The molecule has 0 aliphatic carbocycles. The highest BCUT2D eigenvalue weighted by Gasteiger charge is 2.25. The van der Waals surface area contributed by atoms with Crippen molar-refractivity contribution in [3.05, 3.63) is 22.2 Å². The minimum Gasteiger partial charge on any atom is -0.493 e. The summed E-state index contributed by atoms with van der Waals surface area (Å²) in [6, 6.07) is 1.01. The molecule has 1 aromatic carbocycles. The van der Waals surface area contributed by atoms with E-state index in [4.69, 9.17) is 14.6 Å². The van der Waals surface area contributed by atoms with E-state index in [0.717, 1.165) is 0 Å². The third-order valence-corrected chi connectivity index (χ3v) is 3.30. The van der Waals surface area contributed by atoms with Gasteiger partial charge in [-0.25, -0.2) is 13.6 Å². The molecule has 0 saturated heterocycles. The molecule has 0 aliphatic heterocycles. The normalized spacial score (nSPS) is 11.9. The molecule has 2 N–H and O–H groups in total. The van der Waals surface area contributed by atoms with E-state index in [9.17, 15) is 18.4 Å². The molecule has 0 radical (unpaired) electrons. The lowest BCUT2D eigenvalue weighted by Crippen LogP contribution is -2.42. The van der Waals surface area contributed by atoms with Crippen molar-refractivity contribution < 1.29 is 33.0 Å². The van der Waals surface area contributed by atoms with Gasteiger partial charge in [-0.1, -0.05) is 0 Å². The second kappa shape index (κ2) is 7.92. The number of ether oxygens (including phenoxy) is 2. The predicted molar refractivity (Wildman–Crippen MR) is 76.8 cm³/mol. The van der Waals surface area contributed by atoms with Crippen LogP contribution in [-0.2, 0) is 4.79 Å². The van der Waals surface area contributed by atoms with Gasteiger partial charge in [-0.3, -0.25) is 4.79 Å². The second-order valence-corrected chi connectivity index (χ2v) is 5.04. The van der Waals surface area contributed by atoms with Crippen molar-refractivity contribution in [3.8, 4) is 11.5 Å². The number of halogens is 3. The zero-order chi connectivity index (χ0) is 16.9. The standard InChI is InChI=1S/C13H14BrF2NO5/c1-21-9-4-6(3-7(14)11(9)22-2)12(18)17-8(13(19)20)5-10(15)16/h3-4,8,10H,5H2,1-2H3,(H,17,18)(H,19,20). The van der Waals surface area contributed by atoms with Gasteiger partial charge in [0, 0.05) is 12.0 Å². The molecule has 0 aromatic heterocycles. The molecule has 122 valence electrons. The van der Waals surface area contributed by atoms with Gasteiger partial charge in [0.1, 0.15) is 6.04 Å². The molecule has 0 saturated carbocycles. The van der Waals surface area contributed by atoms with Crippen LogP contribution in [0, 0.1) is 0 Å². The number of amides is 1. The highest BCUT2D eigenvalue weighted by Crippen LogP contribution is 2.36. The molecule has 1 amide bonds. The van der Waals surface area contributed by atoms with Gasteiger partial charge in [0.25, 0.3) is 5.91 Å². The second-order valence-electron chi connectivity index (χ2n) is 4.18. The van der Waals surface area contributed by atoms with E-state index >= 15 is 0 Å². The molecule has 1 atom stereocenters. The number of hydrogen-bond acceptors (Lipinski definition) is 4. The van der Waals surface area contributed by atoms with Gasteiger partial charge in [0.15, 0.2) is 11.5 Å². The lowest BCUT2D eigenvalue weighted by molar-refractivity contribution is -0.140. The quantitative estimate of drug-likeness (QED) is 0.756. The van der Waals surface area contributed by atoms with E-state index < -0.39 is 30.8 Å². The van der Waals surface area contributed by atoms with Gasteiger partial charge in [0.05, 0.1) is 18.7 Å². The minimum absolute atomic E-state index is 0.0463. The van der Waals surface area contributed by atoms with E-state index in [-0.39, 0.29) is 11.3 Å². The van der Waals surface area contributed by atoms with Crippen LogP contribution in [0.3, 0.4) is 0 Å². The number of carboxylic acid groups (broad SMARTS) is 1. The van der Waals surface area contributed by atoms with Gasteiger partial charge in [-0.2, -0.15) is 0 Å². The first-order valence-corrected chi connectivity index (χ1v) is 6.82. The van der Waals surface area contributed by atoms with E-state index in [0.29, 0.717) is 10.2 Å². The van der Waals surface area contributed by atoms with Crippen LogP contribution in [0.5, 0.6) is 11.5 Å². The molecule has 0 heterocycles. The number of benzene rings is 1. The van der Waals surface area contributed by atoms with Crippen LogP contribution in [0.4, 0.5) is 8.78 Å². The van der Waals surface area contributed by atoms with Gasteiger partial charge >= 0.3 is 5.97 Å². The van der Waals surface area contributed by atoms with Crippen molar-refractivity contribution in [1.29, 1.82) is 0 Å². The van der Waals surface area contributed by atoms with Gasteiger partial charge < -0.3 is 19.9 Å². The van der Waals surface area contributed by atoms with E-state index in [1.165, 1.54) is 26.4 Å². The van der Waals surface area contributed by atoms with Gasteiger partial charge in [-0.15, -0.1) is 0 Å². The maximum atomic E-state index is 12.3. The molecule has 0 aliphatic rings. The minimum atomic E-state index is -2.85. The molecule has 0 bridgehead atoms. The van der Waals surface area contributed by atoms with E-state index in [2.05, 4.69) is 15.9 Å². The summed E-state index contributed by atoms with van der Waals surface area (Å²) in [4.78, 5) is 22.9. The Morgan fingerprint density at radius 1 is 1.32 bits per heavy atom. The number of methoxy groups -OCH3 is 2. The Kier molecular flexibility index (Phi) is 6.54. The third kappa shape index (κ3) is 4.55. The molecule has 22 heavy (non-hydrogen) atoms.